The van der Waals surface area contributed by atoms with Crippen LogP contribution < -0.4 is 11.1 Å². The predicted octanol–water partition coefficient (Wildman–Crippen LogP) is 0.227. The van der Waals surface area contributed by atoms with Crippen LogP contribution >= 0.6 is 0 Å². The molecule has 0 saturated heterocycles. The van der Waals surface area contributed by atoms with Crippen LogP contribution in [0.5, 0.6) is 0 Å². The van der Waals surface area contributed by atoms with Crippen molar-refractivity contribution >= 4 is 0 Å². The average Bonchev–Trinajstić information content (AvgIpc) is 1.78. The maximum absolute atomic E-state index is 8.17. The van der Waals surface area contributed by atoms with Crippen LogP contribution in [0.2, 0.25) is 0 Å². The Balaban J connectivity index is 3.14. The SMILES string of the molecule is CC(C)(N)CNCCC#N. The van der Waals surface area contributed by atoms with Crippen LogP contribution in [0.1, 0.15) is 20.3 Å². The van der Waals surface area contributed by atoms with Gasteiger partial charge in [-0.25, -0.2) is 0 Å². The second-order valence-corrected chi connectivity index (χ2v) is 3.07. The van der Waals surface area contributed by atoms with Crippen LogP contribution in [0.4, 0.5) is 0 Å². The highest BCUT2D eigenvalue weighted by atomic mass is 14.9. The Morgan fingerprint density at radius 1 is 1.60 bits per heavy atom. The van der Waals surface area contributed by atoms with Gasteiger partial charge in [0.15, 0.2) is 0 Å². The summed E-state index contributed by atoms with van der Waals surface area (Å²) in [6, 6.07) is 2.05. The van der Waals surface area contributed by atoms with Crippen molar-refractivity contribution in [1.82, 2.24) is 5.32 Å². The molecule has 0 aromatic carbocycles. The lowest BCUT2D eigenvalue weighted by Gasteiger charge is -2.18. The molecule has 3 N–H and O–H groups in total. The fourth-order valence-electron chi connectivity index (χ4n) is 0.555. The van der Waals surface area contributed by atoms with Crippen LogP contribution in [0.15, 0.2) is 0 Å². The van der Waals surface area contributed by atoms with Gasteiger partial charge in [-0.15, -0.1) is 0 Å². The zero-order valence-electron chi connectivity index (χ0n) is 6.65. The smallest absolute Gasteiger partial charge is 0.0635 e. The van der Waals surface area contributed by atoms with E-state index in [1.54, 1.807) is 0 Å². The minimum atomic E-state index is -0.171. The molecular weight excluding hydrogens is 126 g/mol. The summed E-state index contributed by atoms with van der Waals surface area (Å²) in [5.41, 5.74) is 5.50. The Bertz CT molecular complexity index is 118. The molecule has 58 valence electrons. The first-order valence-electron chi connectivity index (χ1n) is 3.43. The van der Waals surface area contributed by atoms with E-state index in [1.165, 1.54) is 0 Å². The summed E-state index contributed by atoms with van der Waals surface area (Å²) in [5, 5.41) is 11.3. The number of hydrogen-bond acceptors (Lipinski definition) is 3. The van der Waals surface area contributed by atoms with E-state index < -0.39 is 0 Å². The highest BCUT2D eigenvalue weighted by Crippen LogP contribution is 1.91. The van der Waals surface area contributed by atoms with Gasteiger partial charge in [-0.1, -0.05) is 0 Å². The van der Waals surface area contributed by atoms with Crippen molar-refractivity contribution < 1.29 is 0 Å². The predicted molar refractivity (Wildman–Crippen MR) is 41.4 cm³/mol. The Morgan fingerprint density at radius 2 is 2.20 bits per heavy atom. The topological polar surface area (TPSA) is 61.8 Å². The third-order valence-electron chi connectivity index (χ3n) is 0.994. The molecule has 0 saturated carbocycles. The van der Waals surface area contributed by atoms with Gasteiger partial charge in [0, 0.05) is 25.0 Å². The van der Waals surface area contributed by atoms with Gasteiger partial charge < -0.3 is 11.1 Å². The third kappa shape index (κ3) is 7.41. The Kier molecular flexibility index (Phi) is 4.01. The molecule has 0 spiro atoms. The van der Waals surface area contributed by atoms with Gasteiger partial charge in [-0.05, 0) is 13.8 Å². The highest BCUT2D eigenvalue weighted by molar-refractivity contribution is 4.76. The lowest BCUT2D eigenvalue weighted by Crippen LogP contribution is -2.43. The lowest BCUT2D eigenvalue weighted by atomic mass is 10.1. The largest absolute Gasteiger partial charge is 0.324 e. The third-order valence-corrected chi connectivity index (χ3v) is 0.994. The van der Waals surface area contributed by atoms with Crippen LogP contribution in [0.25, 0.3) is 0 Å². The number of hydrogen-bond donors (Lipinski definition) is 2. The molecule has 0 aromatic heterocycles. The molecule has 3 heteroatoms. The number of rotatable bonds is 4. The fourth-order valence-corrected chi connectivity index (χ4v) is 0.555. The molecule has 0 heterocycles. The summed E-state index contributed by atoms with van der Waals surface area (Å²) < 4.78 is 0. The minimum absolute atomic E-state index is 0.171. The second-order valence-electron chi connectivity index (χ2n) is 3.07. The van der Waals surface area contributed by atoms with Crippen molar-refractivity contribution in [2.45, 2.75) is 25.8 Å². The maximum Gasteiger partial charge on any atom is 0.0635 e. The van der Waals surface area contributed by atoms with E-state index in [9.17, 15) is 0 Å². The first-order chi connectivity index (χ1) is 4.56. The summed E-state index contributed by atoms with van der Waals surface area (Å²) in [6.45, 7) is 5.39. The van der Waals surface area contributed by atoms with Crippen molar-refractivity contribution in [1.29, 1.82) is 5.26 Å². The Morgan fingerprint density at radius 3 is 2.60 bits per heavy atom. The van der Waals surface area contributed by atoms with Gasteiger partial charge in [0.2, 0.25) is 0 Å². The van der Waals surface area contributed by atoms with Crippen molar-refractivity contribution in [3.05, 3.63) is 0 Å². The first kappa shape index (κ1) is 9.41. The van der Waals surface area contributed by atoms with E-state index in [0.717, 1.165) is 13.1 Å². The Labute approximate surface area is 62.2 Å². The molecule has 0 bridgehead atoms. The van der Waals surface area contributed by atoms with Crippen LogP contribution in [-0.4, -0.2) is 18.6 Å². The van der Waals surface area contributed by atoms with E-state index in [1.807, 2.05) is 13.8 Å². The fraction of sp³-hybridized carbons (Fsp3) is 0.857. The van der Waals surface area contributed by atoms with Gasteiger partial charge in [-0.3, -0.25) is 0 Å². The standard InChI is InChI=1S/C7H15N3/c1-7(2,9)6-10-5-3-4-8/h10H,3,5-6,9H2,1-2H3. The summed E-state index contributed by atoms with van der Waals surface area (Å²) in [7, 11) is 0. The zero-order chi connectivity index (χ0) is 8.04. The van der Waals surface area contributed by atoms with Gasteiger partial charge in [0.25, 0.3) is 0 Å². The Hall–Kier alpha value is -0.590. The van der Waals surface area contributed by atoms with E-state index in [4.69, 9.17) is 11.0 Å². The second kappa shape index (κ2) is 4.26. The molecule has 0 fully saturated rings. The van der Waals surface area contributed by atoms with E-state index >= 15 is 0 Å². The maximum atomic E-state index is 8.17. The number of nitrogens with one attached hydrogen (secondary N) is 1. The van der Waals surface area contributed by atoms with Gasteiger partial charge in [0.05, 0.1) is 6.07 Å². The number of nitriles is 1. The van der Waals surface area contributed by atoms with Crippen molar-refractivity contribution in [2.75, 3.05) is 13.1 Å². The van der Waals surface area contributed by atoms with Crippen molar-refractivity contribution in [3.8, 4) is 6.07 Å². The van der Waals surface area contributed by atoms with Gasteiger partial charge in [-0.2, -0.15) is 5.26 Å². The molecule has 0 rings (SSSR count). The minimum Gasteiger partial charge on any atom is -0.324 e. The average molecular weight is 141 g/mol. The normalized spacial score (nSPS) is 11.0. The lowest BCUT2D eigenvalue weighted by molar-refractivity contribution is 0.471. The van der Waals surface area contributed by atoms with Crippen molar-refractivity contribution in [2.24, 2.45) is 5.73 Å². The summed E-state index contributed by atoms with van der Waals surface area (Å²) in [4.78, 5) is 0. The molecule has 0 aliphatic carbocycles. The number of nitrogens with zero attached hydrogens (tertiary/aromatic N) is 1. The summed E-state index contributed by atoms with van der Waals surface area (Å²) in [6.07, 6.45) is 0.552. The molecule has 0 radical (unpaired) electrons. The van der Waals surface area contributed by atoms with Crippen LogP contribution in [0.3, 0.4) is 0 Å². The molecule has 0 amide bonds. The summed E-state index contributed by atoms with van der Waals surface area (Å²) in [5.74, 6) is 0. The molecule has 0 aliphatic rings. The van der Waals surface area contributed by atoms with Gasteiger partial charge in [0.1, 0.15) is 0 Å². The van der Waals surface area contributed by atoms with Crippen LogP contribution in [0, 0.1) is 11.3 Å². The monoisotopic (exact) mass is 141 g/mol. The van der Waals surface area contributed by atoms with E-state index in [-0.39, 0.29) is 5.54 Å². The zero-order valence-corrected chi connectivity index (χ0v) is 6.65. The van der Waals surface area contributed by atoms with Crippen LogP contribution in [-0.2, 0) is 0 Å². The van der Waals surface area contributed by atoms with E-state index in [2.05, 4.69) is 11.4 Å². The molecular formula is C7H15N3. The summed E-state index contributed by atoms with van der Waals surface area (Å²) >= 11 is 0. The first-order valence-corrected chi connectivity index (χ1v) is 3.43. The molecule has 0 aliphatic heterocycles. The molecule has 0 atom stereocenters. The highest BCUT2D eigenvalue weighted by Gasteiger charge is 2.07. The van der Waals surface area contributed by atoms with Gasteiger partial charge >= 0.3 is 0 Å². The van der Waals surface area contributed by atoms with E-state index in [0.29, 0.717) is 6.42 Å². The molecule has 10 heavy (non-hydrogen) atoms. The number of nitrogens with two attached hydrogens (primary N) is 1. The molecule has 3 nitrogen and oxygen atoms in total. The molecule has 0 aromatic rings. The quantitative estimate of drug-likeness (QED) is 0.551. The molecule has 0 unspecified atom stereocenters. The van der Waals surface area contributed by atoms with Crippen molar-refractivity contribution in [3.63, 3.8) is 0 Å².